The molecule has 2 nitrogen and oxygen atoms in total. The molecule has 6 heteroatoms. The summed E-state index contributed by atoms with van der Waals surface area (Å²) in [5.41, 5.74) is 0. The summed E-state index contributed by atoms with van der Waals surface area (Å²) in [6, 6.07) is 0.440. The SMILES string of the molecule is FC(F)(F)COCCCNC1CC(Cl)C1. The molecule has 1 aliphatic carbocycles. The fourth-order valence-corrected chi connectivity index (χ4v) is 1.81. The molecule has 0 aromatic rings. The van der Waals surface area contributed by atoms with Gasteiger partial charge in [-0.25, -0.2) is 0 Å². The molecule has 1 N–H and O–H groups in total. The van der Waals surface area contributed by atoms with Gasteiger partial charge in [0.25, 0.3) is 0 Å². The van der Waals surface area contributed by atoms with Crippen molar-refractivity contribution in [3.63, 3.8) is 0 Å². The largest absolute Gasteiger partial charge is 0.411 e. The summed E-state index contributed by atoms with van der Waals surface area (Å²) < 4.78 is 39.4. The summed E-state index contributed by atoms with van der Waals surface area (Å²) in [6.07, 6.45) is -1.72. The van der Waals surface area contributed by atoms with E-state index >= 15 is 0 Å². The van der Waals surface area contributed by atoms with Crippen LogP contribution in [0.25, 0.3) is 0 Å². The molecule has 1 fully saturated rings. The molecule has 0 heterocycles. The lowest BCUT2D eigenvalue weighted by Gasteiger charge is -2.31. The van der Waals surface area contributed by atoms with Crippen molar-refractivity contribution in [2.75, 3.05) is 19.8 Å². The van der Waals surface area contributed by atoms with Crippen LogP contribution in [0.1, 0.15) is 19.3 Å². The third-order valence-corrected chi connectivity index (χ3v) is 2.60. The van der Waals surface area contributed by atoms with E-state index in [0.29, 0.717) is 19.0 Å². The van der Waals surface area contributed by atoms with E-state index in [1.807, 2.05) is 0 Å². The molecule has 0 bridgehead atoms. The average molecular weight is 246 g/mol. The zero-order valence-corrected chi connectivity index (χ0v) is 9.07. The summed E-state index contributed by atoms with van der Waals surface area (Å²) in [5.74, 6) is 0. The lowest BCUT2D eigenvalue weighted by molar-refractivity contribution is -0.174. The smallest absolute Gasteiger partial charge is 0.372 e. The Labute approximate surface area is 92.1 Å². The third kappa shape index (κ3) is 6.22. The van der Waals surface area contributed by atoms with E-state index in [4.69, 9.17) is 11.6 Å². The van der Waals surface area contributed by atoms with Crippen LogP contribution in [0.3, 0.4) is 0 Å². The van der Waals surface area contributed by atoms with Crippen LogP contribution in [0.15, 0.2) is 0 Å². The summed E-state index contributed by atoms with van der Waals surface area (Å²) in [6.45, 7) is -0.324. The maximum Gasteiger partial charge on any atom is 0.411 e. The number of halogens is 4. The van der Waals surface area contributed by atoms with Crippen molar-refractivity contribution in [2.24, 2.45) is 0 Å². The Morgan fingerprint density at radius 1 is 1.33 bits per heavy atom. The van der Waals surface area contributed by atoms with Crippen molar-refractivity contribution in [1.82, 2.24) is 5.32 Å². The molecule has 0 saturated heterocycles. The zero-order chi connectivity index (χ0) is 11.3. The van der Waals surface area contributed by atoms with Gasteiger partial charge in [-0.1, -0.05) is 0 Å². The van der Waals surface area contributed by atoms with Gasteiger partial charge in [-0.05, 0) is 25.8 Å². The van der Waals surface area contributed by atoms with Crippen LogP contribution < -0.4 is 5.32 Å². The van der Waals surface area contributed by atoms with Crippen molar-refractivity contribution < 1.29 is 17.9 Å². The van der Waals surface area contributed by atoms with Crippen molar-refractivity contribution in [1.29, 1.82) is 0 Å². The maximum absolute atomic E-state index is 11.6. The molecule has 0 radical (unpaired) electrons. The van der Waals surface area contributed by atoms with E-state index in [1.54, 1.807) is 0 Å². The highest BCUT2D eigenvalue weighted by atomic mass is 35.5. The first-order valence-corrected chi connectivity index (χ1v) is 5.43. The number of hydrogen-bond donors (Lipinski definition) is 1. The Bertz CT molecular complexity index is 183. The van der Waals surface area contributed by atoms with Crippen LogP contribution in [0.5, 0.6) is 0 Å². The molecule has 0 unspecified atom stereocenters. The van der Waals surface area contributed by atoms with E-state index in [1.165, 1.54) is 0 Å². The summed E-state index contributed by atoms with van der Waals surface area (Å²) in [7, 11) is 0. The monoisotopic (exact) mass is 245 g/mol. The van der Waals surface area contributed by atoms with E-state index in [0.717, 1.165) is 12.8 Å². The van der Waals surface area contributed by atoms with Gasteiger partial charge in [-0.2, -0.15) is 13.2 Å². The lowest BCUT2D eigenvalue weighted by Crippen LogP contribution is -2.42. The Kier molecular flexibility index (Phi) is 5.15. The molecule has 0 atom stereocenters. The predicted molar refractivity (Wildman–Crippen MR) is 52.2 cm³/mol. The normalized spacial score (nSPS) is 26.4. The fourth-order valence-electron chi connectivity index (χ4n) is 1.38. The number of hydrogen-bond acceptors (Lipinski definition) is 2. The van der Waals surface area contributed by atoms with Gasteiger partial charge in [0.1, 0.15) is 6.61 Å². The van der Waals surface area contributed by atoms with Crippen molar-refractivity contribution >= 4 is 11.6 Å². The van der Waals surface area contributed by atoms with E-state index in [9.17, 15) is 13.2 Å². The van der Waals surface area contributed by atoms with Crippen LogP contribution in [0.2, 0.25) is 0 Å². The molecule has 15 heavy (non-hydrogen) atoms. The van der Waals surface area contributed by atoms with Gasteiger partial charge in [-0.15, -0.1) is 11.6 Å². The van der Waals surface area contributed by atoms with Crippen LogP contribution in [0.4, 0.5) is 13.2 Å². The van der Waals surface area contributed by atoms with Gasteiger partial charge in [0.15, 0.2) is 0 Å². The molecule has 0 spiro atoms. The lowest BCUT2D eigenvalue weighted by atomic mass is 9.92. The molecule has 0 aromatic heterocycles. The molecule has 0 aliphatic heterocycles. The third-order valence-electron chi connectivity index (χ3n) is 2.24. The molecule has 1 rings (SSSR count). The highest BCUT2D eigenvalue weighted by Gasteiger charge is 2.27. The zero-order valence-electron chi connectivity index (χ0n) is 8.32. The van der Waals surface area contributed by atoms with Crippen LogP contribution in [0, 0.1) is 0 Å². The number of rotatable bonds is 6. The van der Waals surface area contributed by atoms with E-state index in [-0.39, 0.29) is 12.0 Å². The minimum absolute atomic E-state index is 0.142. The minimum Gasteiger partial charge on any atom is -0.372 e. The Hall–Kier alpha value is 0. The Balaban J connectivity index is 1.81. The molecular formula is C9H15ClF3NO. The first-order chi connectivity index (χ1) is 6.97. The van der Waals surface area contributed by atoms with Gasteiger partial charge in [0, 0.05) is 18.0 Å². The van der Waals surface area contributed by atoms with Crippen LogP contribution in [-0.2, 0) is 4.74 Å². The van der Waals surface area contributed by atoms with E-state index < -0.39 is 12.8 Å². The second-order valence-electron chi connectivity index (χ2n) is 3.74. The minimum atomic E-state index is -4.22. The standard InChI is InChI=1S/C9H15ClF3NO/c10-7-4-8(5-7)14-2-1-3-15-6-9(11,12)13/h7-8,14H,1-6H2. The Morgan fingerprint density at radius 3 is 2.53 bits per heavy atom. The quantitative estimate of drug-likeness (QED) is 0.573. The van der Waals surface area contributed by atoms with E-state index in [2.05, 4.69) is 10.1 Å². The topological polar surface area (TPSA) is 21.3 Å². The molecule has 1 aliphatic rings. The molecule has 0 amide bonds. The van der Waals surface area contributed by atoms with Crippen molar-refractivity contribution in [3.05, 3.63) is 0 Å². The summed E-state index contributed by atoms with van der Waals surface area (Å²) in [4.78, 5) is 0. The molecule has 90 valence electrons. The highest BCUT2D eigenvalue weighted by Crippen LogP contribution is 2.25. The van der Waals surface area contributed by atoms with Gasteiger partial charge >= 0.3 is 6.18 Å². The summed E-state index contributed by atoms with van der Waals surface area (Å²) in [5, 5.41) is 3.47. The Morgan fingerprint density at radius 2 is 2.00 bits per heavy atom. The van der Waals surface area contributed by atoms with Gasteiger partial charge < -0.3 is 10.1 Å². The van der Waals surface area contributed by atoms with Gasteiger partial charge in [0.2, 0.25) is 0 Å². The molecule has 0 aromatic carbocycles. The number of nitrogens with one attached hydrogen (secondary N) is 1. The second-order valence-corrected chi connectivity index (χ2v) is 4.36. The highest BCUT2D eigenvalue weighted by molar-refractivity contribution is 6.21. The first kappa shape index (κ1) is 13.1. The molecule has 1 saturated carbocycles. The van der Waals surface area contributed by atoms with Crippen LogP contribution in [-0.4, -0.2) is 37.4 Å². The van der Waals surface area contributed by atoms with Gasteiger partial charge in [-0.3, -0.25) is 0 Å². The van der Waals surface area contributed by atoms with Crippen molar-refractivity contribution in [2.45, 2.75) is 36.9 Å². The summed E-state index contributed by atoms with van der Waals surface area (Å²) >= 11 is 5.77. The maximum atomic E-state index is 11.6. The van der Waals surface area contributed by atoms with Crippen LogP contribution >= 0.6 is 11.6 Å². The number of ether oxygens (including phenoxy) is 1. The molecular weight excluding hydrogens is 231 g/mol. The second kappa shape index (κ2) is 5.92. The first-order valence-electron chi connectivity index (χ1n) is 4.99. The fraction of sp³-hybridized carbons (Fsp3) is 1.00. The van der Waals surface area contributed by atoms with Crippen molar-refractivity contribution in [3.8, 4) is 0 Å². The number of alkyl halides is 4. The predicted octanol–water partition coefficient (Wildman–Crippen LogP) is 2.31. The average Bonchev–Trinajstić information content (AvgIpc) is 2.05. The van der Waals surface area contributed by atoms with Gasteiger partial charge in [0.05, 0.1) is 0 Å².